The number of carbonyl (C=O) groups is 1. The molecular weight excluding hydrogens is 319 g/mol. The Morgan fingerprint density at radius 3 is 2.60 bits per heavy atom. The lowest BCUT2D eigenvalue weighted by Crippen LogP contribution is -2.47. The summed E-state index contributed by atoms with van der Waals surface area (Å²) in [6, 6.07) is 3.13. The van der Waals surface area contributed by atoms with Crippen LogP contribution in [0.4, 0.5) is 5.69 Å². The van der Waals surface area contributed by atoms with Gasteiger partial charge >= 0.3 is 0 Å². The zero-order valence-corrected chi connectivity index (χ0v) is 13.5. The Bertz CT molecular complexity index is 513. The summed E-state index contributed by atoms with van der Waals surface area (Å²) in [5.41, 5.74) is 0.123. The third kappa shape index (κ3) is 3.22. The first-order valence-corrected chi connectivity index (χ1v) is 7.78. The van der Waals surface area contributed by atoms with Gasteiger partial charge in [0.15, 0.2) is 0 Å². The third-order valence-electron chi connectivity index (χ3n) is 3.89. The number of rotatable bonds is 3. The maximum absolute atomic E-state index is 12.6. The first-order chi connectivity index (χ1) is 9.48. The van der Waals surface area contributed by atoms with Gasteiger partial charge in [-0.2, -0.15) is 0 Å². The zero-order chi connectivity index (χ0) is 14.8. The van der Waals surface area contributed by atoms with Crippen molar-refractivity contribution in [2.45, 2.75) is 26.2 Å². The zero-order valence-electron chi connectivity index (χ0n) is 11.2. The summed E-state index contributed by atoms with van der Waals surface area (Å²) in [4.78, 5) is 12.6. The molecule has 0 aromatic heterocycles. The molecule has 1 unspecified atom stereocenters. The lowest BCUT2D eigenvalue weighted by molar-refractivity contribution is -0.126. The molecule has 0 saturated carbocycles. The van der Waals surface area contributed by atoms with Crippen LogP contribution >= 0.6 is 34.8 Å². The van der Waals surface area contributed by atoms with Crippen LogP contribution in [0.25, 0.3) is 0 Å². The highest BCUT2D eigenvalue weighted by atomic mass is 35.5. The Balaban J connectivity index is 2.20. The average molecular weight is 336 g/mol. The van der Waals surface area contributed by atoms with Crippen LogP contribution in [0.3, 0.4) is 0 Å². The van der Waals surface area contributed by atoms with Crippen molar-refractivity contribution < 1.29 is 4.79 Å². The van der Waals surface area contributed by atoms with Crippen LogP contribution in [-0.4, -0.2) is 19.0 Å². The standard InChI is InChI=1S/C14H17Cl3N2O/c1-2-14(4-3-5-18-8-14)13(20)19-12-7-10(16)9(15)6-11(12)17/h6-7,18H,2-5,8H2,1H3,(H,19,20). The smallest absolute Gasteiger partial charge is 0.231 e. The van der Waals surface area contributed by atoms with Gasteiger partial charge in [-0.1, -0.05) is 41.7 Å². The molecule has 0 aliphatic carbocycles. The molecule has 0 radical (unpaired) electrons. The molecule has 3 nitrogen and oxygen atoms in total. The van der Waals surface area contributed by atoms with Crippen molar-refractivity contribution in [3.8, 4) is 0 Å². The van der Waals surface area contributed by atoms with E-state index in [1.807, 2.05) is 6.92 Å². The summed E-state index contributed by atoms with van der Waals surface area (Å²) in [6.45, 7) is 3.68. The van der Waals surface area contributed by atoms with Gasteiger partial charge in [-0.3, -0.25) is 4.79 Å². The van der Waals surface area contributed by atoms with Gasteiger partial charge in [0.05, 0.1) is 26.2 Å². The van der Waals surface area contributed by atoms with E-state index in [1.54, 1.807) is 12.1 Å². The number of halogens is 3. The van der Waals surface area contributed by atoms with Crippen LogP contribution < -0.4 is 10.6 Å². The number of piperidine rings is 1. The lowest BCUT2D eigenvalue weighted by Gasteiger charge is -2.35. The van der Waals surface area contributed by atoms with Gasteiger partial charge < -0.3 is 10.6 Å². The van der Waals surface area contributed by atoms with Gasteiger partial charge in [0.1, 0.15) is 0 Å². The van der Waals surface area contributed by atoms with E-state index in [0.717, 1.165) is 25.8 Å². The molecule has 1 aromatic carbocycles. The second-order valence-corrected chi connectivity index (χ2v) is 6.34. The van der Waals surface area contributed by atoms with E-state index in [0.29, 0.717) is 27.3 Å². The summed E-state index contributed by atoms with van der Waals surface area (Å²) in [7, 11) is 0. The normalized spacial score (nSPS) is 22.6. The molecule has 2 N–H and O–H groups in total. The fourth-order valence-corrected chi connectivity index (χ4v) is 3.09. The van der Waals surface area contributed by atoms with Crippen LogP contribution in [-0.2, 0) is 4.79 Å². The molecule has 20 heavy (non-hydrogen) atoms. The maximum Gasteiger partial charge on any atom is 0.231 e. The van der Waals surface area contributed by atoms with Gasteiger partial charge in [0.2, 0.25) is 5.91 Å². The first-order valence-electron chi connectivity index (χ1n) is 6.65. The molecule has 110 valence electrons. The van der Waals surface area contributed by atoms with Gasteiger partial charge in [-0.25, -0.2) is 0 Å². The highest BCUT2D eigenvalue weighted by molar-refractivity contribution is 6.44. The number of hydrogen-bond acceptors (Lipinski definition) is 2. The fourth-order valence-electron chi connectivity index (χ4n) is 2.50. The molecular formula is C14H17Cl3N2O. The van der Waals surface area contributed by atoms with Crippen LogP contribution in [0.1, 0.15) is 26.2 Å². The number of carbonyl (C=O) groups excluding carboxylic acids is 1. The largest absolute Gasteiger partial charge is 0.324 e. The second kappa shape index (κ2) is 6.52. The van der Waals surface area contributed by atoms with Crippen molar-refractivity contribution in [3.63, 3.8) is 0 Å². The predicted octanol–water partition coefficient (Wildman–Crippen LogP) is 4.37. The van der Waals surface area contributed by atoms with E-state index in [2.05, 4.69) is 10.6 Å². The molecule has 2 rings (SSSR count). The molecule has 0 spiro atoms. The third-order valence-corrected chi connectivity index (χ3v) is 4.92. The monoisotopic (exact) mass is 334 g/mol. The molecule has 0 bridgehead atoms. The van der Waals surface area contributed by atoms with Gasteiger partial charge in [-0.05, 0) is 37.9 Å². The van der Waals surface area contributed by atoms with Gasteiger partial charge in [-0.15, -0.1) is 0 Å². The summed E-state index contributed by atoms with van der Waals surface area (Å²) >= 11 is 18.0. The lowest BCUT2D eigenvalue weighted by atomic mass is 9.77. The van der Waals surface area contributed by atoms with Gasteiger partial charge in [0.25, 0.3) is 0 Å². The minimum atomic E-state index is -0.381. The highest BCUT2D eigenvalue weighted by Crippen LogP contribution is 2.35. The minimum Gasteiger partial charge on any atom is -0.324 e. The van der Waals surface area contributed by atoms with Crippen molar-refractivity contribution in [1.82, 2.24) is 5.32 Å². The number of amides is 1. The van der Waals surface area contributed by atoms with E-state index in [1.165, 1.54) is 0 Å². The SMILES string of the molecule is CCC1(C(=O)Nc2cc(Cl)c(Cl)cc2Cl)CCCNC1. The second-order valence-electron chi connectivity index (χ2n) is 5.11. The van der Waals surface area contributed by atoms with Crippen LogP contribution in [0, 0.1) is 5.41 Å². The van der Waals surface area contributed by atoms with E-state index in [9.17, 15) is 4.79 Å². The van der Waals surface area contributed by atoms with Crippen molar-refractivity contribution in [1.29, 1.82) is 0 Å². The Labute approximate surface area is 134 Å². The van der Waals surface area contributed by atoms with Crippen molar-refractivity contribution in [2.24, 2.45) is 5.41 Å². The summed E-state index contributed by atoms with van der Waals surface area (Å²) in [5, 5.41) is 7.31. The molecule has 1 atom stereocenters. The molecule has 1 fully saturated rings. The molecule has 1 amide bonds. The minimum absolute atomic E-state index is 0.0208. The molecule has 1 aromatic rings. The van der Waals surface area contributed by atoms with E-state index in [-0.39, 0.29) is 11.3 Å². The summed E-state index contributed by atoms with van der Waals surface area (Å²) in [5.74, 6) is -0.0208. The topological polar surface area (TPSA) is 41.1 Å². The van der Waals surface area contributed by atoms with Crippen LogP contribution in [0.15, 0.2) is 12.1 Å². The number of hydrogen-bond donors (Lipinski definition) is 2. The Morgan fingerprint density at radius 2 is 2.00 bits per heavy atom. The number of benzene rings is 1. The maximum atomic E-state index is 12.6. The Morgan fingerprint density at radius 1 is 1.30 bits per heavy atom. The summed E-state index contributed by atoms with van der Waals surface area (Å²) < 4.78 is 0. The van der Waals surface area contributed by atoms with Crippen molar-refractivity contribution in [2.75, 3.05) is 18.4 Å². The highest BCUT2D eigenvalue weighted by Gasteiger charge is 2.38. The molecule has 1 saturated heterocycles. The van der Waals surface area contributed by atoms with E-state index in [4.69, 9.17) is 34.8 Å². The number of nitrogens with one attached hydrogen (secondary N) is 2. The molecule has 1 aliphatic rings. The molecule has 6 heteroatoms. The van der Waals surface area contributed by atoms with E-state index < -0.39 is 0 Å². The number of anilines is 1. The first kappa shape index (κ1) is 15.9. The predicted molar refractivity (Wildman–Crippen MR) is 84.9 cm³/mol. The van der Waals surface area contributed by atoms with E-state index >= 15 is 0 Å². The van der Waals surface area contributed by atoms with Crippen LogP contribution in [0.2, 0.25) is 15.1 Å². The van der Waals surface area contributed by atoms with Gasteiger partial charge in [0, 0.05) is 6.54 Å². The fraction of sp³-hybridized carbons (Fsp3) is 0.500. The van der Waals surface area contributed by atoms with Crippen molar-refractivity contribution >= 4 is 46.4 Å². The quantitative estimate of drug-likeness (QED) is 0.806. The Kier molecular flexibility index (Phi) is 5.19. The summed E-state index contributed by atoms with van der Waals surface area (Å²) in [6.07, 6.45) is 2.66. The molecule has 1 heterocycles. The van der Waals surface area contributed by atoms with Crippen LogP contribution in [0.5, 0.6) is 0 Å². The molecule has 1 aliphatic heterocycles. The Hall–Kier alpha value is -0.480. The van der Waals surface area contributed by atoms with Crippen molar-refractivity contribution in [3.05, 3.63) is 27.2 Å². The average Bonchev–Trinajstić information content (AvgIpc) is 2.45.